The SMILES string of the molecule is C[C@H]1CN(C2(C)CCN(C(=O)OC(C)(C)C)CC2)CCN1C(c1ccc(OC(F)(F)F)cc1)n1nnc2ccccc21. The highest BCUT2D eigenvalue weighted by atomic mass is 19.4. The van der Waals surface area contributed by atoms with E-state index < -0.39 is 12.0 Å². The lowest BCUT2D eigenvalue weighted by Gasteiger charge is -2.52. The van der Waals surface area contributed by atoms with E-state index in [1.807, 2.05) is 49.7 Å². The van der Waals surface area contributed by atoms with Crippen molar-refractivity contribution in [3.63, 3.8) is 0 Å². The van der Waals surface area contributed by atoms with Gasteiger partial charge in [0.1, 0.15) is 23.0 Å². The van der Waals surface area contributed by atoms with Gasteiger partial charge in [-0.3, -0.25) is 9.80 Å². The van der Waals surface area contributed by atoms with E-state index >= 15 is 0 Å². The summed E-state index contributed by atoms with van der Waals surface area (Å²) in [6.45, 7) is 13.6. The molecule has 5 rings (SSSR count). The summed E-state index contributed by atoms with van der Waals surface area (Å²) in [6.07, 6.45) is -3.71. The quantitative estimate of drug-likeness (QED) is 0.380. The third kappa shape index (κ3) is 6.64. The van der Waals surface area contributed by atoms with Gasteiger partial charge in [0.15, 0.2) is 0 Å². The predicted octanol–water partition coefficient (Wildman–Crippen LogP) is 5.67. The first kappa shape index (κ1) is 30.1. The van der Waals surface area contributed by atoms with Crippen LogP contribution in [-0.4, -0.2) is 92.1 Å². The fourth-order valence-corrected chi connectivity index (χ4v) is 6.02. The molecule has 2 aromatic carbocycles. The highest BCUT2D eigenvalue weighted by Gasteiger charge is 2.42. The molecule has 1 aromatic heterocycles. The lowest BCUT2D eigenvalue weighted by atomic mass is 9.86. The van der Waals surface area contributed by atoms with Crippen LogP contribution in [0.3, 0.4) is 0 Å². The maximum absolute atomic E-state index is 12.8. The number of hydrogen-bond donors (Lipinski definition) is 0. The normalized spacial score (nSPS) is 21.3. The first-order valence-electron chi connectivity index (χ1n) is 14.4. The van der Waals surface area contributed by atoms with Gasteiger partial charge >= 0.3 is 12.5 Å². The number of carbonyl (C=O) groups excluding carboxylic acids is 1. The molecule has 3 heterocycles. The van der Waals surface area contributed by atoms with Gasteiger partial charge in [-0.1, -0.05) is 29.5 Å². The van der Waals surface area contributed by atoms with E-state index in [0.717, 1.165) is 42.5 Å². The fraction of sp³-hybridized carbons (Fsp3) is 0.567. The van der Waals surface area contributed by atoms with Crippen molar-refractivity contribution < 1.29 is 27.4 Å². The van der Waals surface area contributed by atoms with E-state index in [4.69, 9.17) is 4.74 Å². The number of benzene rings is 2. The zero-order valence-corrected chi connectivity index (χ0v) is 24.8. The number of halogens is 3. The standard InChI is InChI=1S/C30H39F3N6O3/c1-21-20-37(29(5)14-16-36(17-15-29)27(40)42-28(2,3)4)18-19-38(21)26(39-25-9-7-6-8-24(25)34-35-39)22-10-12-23(13-11-22)41-30(31,32)33/h6-13,21,26H,14-20H2,1-5H3/t21-,26?/m0/s1. The average molecular weight is 589 g/mol. The van der Waals surface area contributed by atoms with Gasteiger partial charge in [0, 0.05) is 44.3 Å². The first-order valence-corrected chi connectivity index (χ1v) is 14.4. The van der Waals surface area contributed by atoms with E-state index in [9.17, 15) is 18.0 Å². The summed E-state index contributed by atoms with van der Waals surface area (Å²) in [6, 6.07) is 13.8. The van der Waals surface area contributed by atoms with Gasteiger partial charge in [-0.25, -0.2) is 9.48 Å². The number of nitrogens with zero attached hydrogens (tertiary/aromatic N) is 6. The maximum Gasteiger partial charge on any atom is 0.573 e. The Morgan fingerprint density at radius 1 is 1.00 bits per heavy atom. The second kappa shape index (κ2) is 11.4. The van der Waals surface area contributed by atoms with Crippen LogP contribution in [0, 0.1) is 0 Å². The molecule has 0 saturated carbocycles. The van der Waals surface area contributed by atoms with Gasteiger partial charge in [-0.2, -0.15) is 0 Å². The molecule has 1 amide bonds. The van der Waals surface area contributed by atoms with Gasteiger partial charge in [-0.15, -0.1) is 18.3 Å². The fourth-order valence-electron chi connectivity index (χ4n) is 6.02. The Morgan fingerprint density at radius 2 is 1.67 bits per heavy atom. The zero-order valence-electron chi connectivity index (χ0n) is 24.8. The number of piperazine rings is 1. The highest BCUT2D eigenvalue weighted by Crippen LogP contribution is 2.35. The molecule has 3 aromatic rings. The molecule has 0 bridgehead atoms. The number of hydrogen-bond acceptors (Lipinski definition) is 7. The summed E-state index contributed by atoms with van der Waals surface area (Å²) in [5.74, 6) is -0.267. The Morgan fingerprint density at radius 3 is 2.29 bits per heavy atom. The number of piperidine rings is 1. The van der Waals surface area contributed by atoms with E-state index in [0.29, 0.717) is 19.6 Å². The van der Waals surface area contributed by atoms with Crippen molar-refractivity contribution in [3.8, 4) is 5.75 Å². The Balaban J connectivity index is 1.34. The van der Waals surface area contributed by atoms with E-state index in [1.54, 1.807) is 17.0 Å². The third-order valence-electron chi connectivity index (χ3n) is 8.27. The Labute approximate surface area is 244 Å². The van der Waals surface area contributed by atoms with E-state index in [1.165, 1.54) is 12.1 Å². The van der Waals surface area contributed by atoms with Crippen LogP contribution in [-0.2, 0) is 4.74 Å². The minimum absolute atomic E-state index is 0.0646. The second-order valence-electron chi connectivity index (χ2n) is 12.5. The van der Waals surface area contributed by atoms with Crippen LogP contribution in [0.1, 0.15) is 59.2 Å². The molecule has 0 N–H and O–H groups in total. The number of fused-ring (bicyclic) bond motifs is 1. The Bertz CT molecular complexity index is 1380. The lowest BCUT2D eigenvalue weighted by molar-refractivity contribution is -0.274. The van der Waals surface area contributed by atoms with Gasteiger partial charge < -0.3 is 14.4 Å². The Kier molecular flexibility index (Phi) is 8.14. The van der Waals surface area contributed by atoms with Crippen molar-refractivity contribution >= 4 is 17.1 Å². The second-order valence-corrected chi connectivity index (χ2v) is 12.5. The molecule has 1 unspecified atom stereocenters. The number of alkyl halides is 3. The number of likely N-dealkylation sites (tertiary alicyclic amines) is 1. The van der Waals surface area contributed by atoms with E-state index in [2.05, 4.69) is 38.7 Å². The number of aromatic nitrogens is 3. The van der Waals surface area contributed by atoms with Crippen molar-refractivity contribution in [3.05, 3.63) is 54.1 Å². The molecular weight excluding hydrogens is 549 g/mol. The minimum atomic E-state index is -4.76. The molecule has 12 heteroatoms. The number of para-hydroxylation sites is 1. The smallest absolute Gasteiger partial charge is 0.444 e. The number of carbonyl (C=O) groups is 1. The first-order chi connectivity index (χ1) is 19.7. The Hall–Kier alpha value is -3.38. The number of ether oxygens (including phenoxy) is 2. The largest absolute Gasteiger partial charge is 0.573 e. The van der Waals surface area contributed by atoms with Crippen molar-refractivity contribution in [1.82, 2.24) is 29.7 Å². The molecule has 9 nitrogen and oxygen atoms in total. The number of rotatable bonds is 5. The van der Waals surface area contributed by atoms with Crippen LogP contribution >= 0.6 is 0 Å². The molecule has 0 spiro atoms. The average Bonchev–Trinajstić information content (AvgIpc) is 3.33. The van der Waals surface area contributed by atoms with Gasteiger partial charge in [0.05, 0.1) is 5.52 Å². The molecule has 0 radical (unpaired) electrons. The van der Waals surface area contributed by atoms with Gasteiger partial charge in [0.25, 0.3) is 0 Å². The molecule has 2 saturated heterocycles. The molecule has 42 heavy (non-hydrogen) atoms. The van der Waals surface area contributed by atoms with Crippen molar-refractivity contribution in [2.45, 2.75) is 77.2 Å². The van der Waals surface area contributed by atoms with Crippen molar-refractivity contribution in [1.29, 1.82) is 0 Å². The summed E-state index contributed by atoms with van der Waals surface area (Å²) in [7, 11) is 0. The monoisotopic (exact) mass is 588 g/mol. The molecule has 0 aliphatic carbocycles. The molecule has 2 aliphatic heterocycles. The summed E-state index contributed by atoms with van der Waals surface area (Å²) in [4.78, 5) is 19.2. The predicted molar refractivity (Wildman–Crippen MR) is 152 cm³/mol. The minimum Gasteiger partial charge on any atom is -0.444 e. The van der Waals surface area contributed by atoms with Crippen LogP contribution in [0.5, 0.6) is 5.75 Å². The summed E-state index contributed by atoms with van der Waals surface area (Å²) >= 11 is 0. The summed E-state index contributed by atoms with van der Waals surface area (Å²) in [5, 5.41) is 8.84. The molecule has 2 aliphatic rings. The van der Waals surface area contributed by atoms with Crippen molar-refractivity contribution in [2.24, 2.45) is 0 Å². The molecular formula is C30H39F3N6O3. The highest BCUT2D eigenvalue weighted by molar-refractivity contribution is 5.74. The molecule has 2 fully saturated rings. The summed E-state index contributed by atoms with van der Waals surface area (Å²) in [5.41, 5.74) is 1.79. The van der Waals surface area contributed by atoms with Crippen LogP contribution in [0.4, 0.5) is 18.0 Å². The van der Waals surface area contributed by atoms with Crippen molar-refractivity contribution in [2.75, 3.05) is 32.7 Å². The zero-order chi connectivity index (χ0) is 30.3. The van der Waals surface area contributed by atoms with Crippen LogP contribution in [0.25, 0.3) is 11.0 Å². The third-order valence-corrected chi connectivity index (χ3v) is 8.27. The summed E-state index contributed by atoms with van der Waals surface area (Å²) < 4.78 is 50.0. The van der Waals surface area contributed by atoms with Gasteiger partial charge in [-0.05, 0) is 77.3 Å². The van der Waals surface area contributed by atoms with Crippen LogP contribution < -0.4 is 4.74 Å². The topological polar surface area (TPSA) is 76.0 Å². The lowest BCUT2D eigenvalue weighted by Crippen LogP contribution is -2.62. The number of amides is 1. The van der Waals surface area contributed by atoms with Gasteiger partial charge in [0.2, 0.25) is 0 Å². The van der Waals surface area contributed by atoms with Crippen LogP contribution in [0.15, 0.2) is 48.5 Å². The maximum atomic E-state index is 12.8. The van der Waals surface area contributed by atoms with Crippen LogP contribution in [0.2, 0.25) is 0 Å². The molecule has 2 atom stereocenters. The molecule has 228 valence electrons. The van der Waals surface area contributed by atoms with E-state index in [-0.39, 0.29) is 29.6 Å².